The van der Waals surface area contributed by atoms with Crippen LogP contribution >= 0.6 is 58.0 Å². The standard InChI is InChI=1S/C7H8.C3H6O.CHCl3.CH2Cl2/c1-7-5-3-2-4-6-7;1-3(2)4;2-1(3)4;2-1-3/h2-6H,1H3;1-2H3;1H;1H2. The van der Waals surface area contributed by atoms with Gasteiger partial charge in [0, 0.05) is 0 Å². The minimum absolute atomic E-state index is 0.167. The third-order valence-electron chi connectivity index (χ3n) is 0.940. The van der Waals surface area contributed by atoms with Gasteiger partial charge in [-0.25, -0.2) is 0 Å². The van der Waals surface area contributed by atoms with E-state index in [2.05, 4.69) is 19.1 Å². The smallest absolute Gasteiger partial charge is 0.180 e. The molecule has 0 amide bonds. The molecule has 1 aromatic carbocycles. The summed E-state index contributed by atoms with van der Waals surface area (Å²) in [4.78, 5) is 9.44. The van der Waals surface area contributed by atoms with Gasteiger partial charge in [-0.15, -0.1) is 23.2 Å². The van der Waals surface area contributed by atoms with Gasteiger partial charge in [0.15, 0.2) is 4.30 Å². The highest BCUT2D eigenvalue weighted by Crippen LogP contribution is 2.03. The van der Waals surface area contributed by atoms with E-state index < -0.39 is 4.30 Å². The maximum Gasteiger partial charge on any atom is 0.180 e. The summed E-state index contributed by atoms with van der Waals surface area (Å²) >= 11 is 23.9. The van der Waals surface area contributed by atoms with E-state index in [9.17, 15) is 4.79 Å². The number of halogens is 5. The molecule has 1 rings (SSSR count). The molecule has 0 aromatic heterocycles. The second-order valence-electron chi connectivity index (χ2n) is 2.91. The number of hydrogen-bond acceptors (Lipinski definition) is 1. The van der Waals surface area contributed by atoms with E-state index in [1.807, 2.05) is 18.2 Å². The summed E-state index contributed by atoms with van der Waals surface area (Å²) in [6.07, 6.45) is 0. The molecular formula is C12H17Cl5O. The van der Waals surface area contributed by atoms with Crippen LogP contribution in [0.5, 0.6) is 0 Å². The zero-order valence-corrected chi connectivity index (χ0v) is 14.2. The van der Waals surface area contributed by atoms with Gasteiger partial charge in [-0.1, -0.05) is 70.7 Å². The summed E-state index contributed by atoms with van der Waals surface area (Å²) in [5.41, 5.74) is 1.32. The lowest BCUT2D eigenvalue weighted by Gasteiger charge is -1.82. The van der Waals surface area contributed by atoms with Gasteiger partial charge in [-0.3, -0.25) is 0 Å². The van der Waals surface area contributed by atoms with Gasteiger partial charge in [-0.2, -0.15) is 0 Å². The van der Waals surface area contributed by atoms with E-state index in [1.165, 1.54) is 19.4 Å². The maximum absolute atomic E-state index is 9.44. The molecule has 0 radical (unpaired) electrons. The van der Waals surface area contributed by atoms with E-state index >= 15 is 0 Å². The Kier molecular flexibility index (Phi) is 25.6. The molecule has 0 atom stereocenters. The summed E-state index contributed by atoms with van der Waals surface area (Å²) in [6.45, 7) is 5.14. The van der Waals surface area contributed by atoms with Crippen LogP contribution in [0.3, 0.4) is 0 Å². The van der Waals surface area contributed by atoms with Crippen LogP contribution in [-0.2, 0) is 4.79 Å². The number of rotatable bonds is 0. The first-order valence-electron chi connectivity index (χ1n) is 4.80. The van der Waals surface area contributed by atoms with Gasteiger partial charge < -0.3 is 4.79 Å². The molecule has 0 saturated heterocycles. The molecule has 0 aliphatic heterocycles. The first-order chi connectivity index (χ1) is 8.27. The third-order valence-corrected chi connectivity index (χ3v) is 0.940. The maximum atomic E-state index is 9.44. The van der Waals surface area contributed by atoms with Gasteiger partial charge in [0.1, 0.15) is 5.78 Å². The SMILES string of the molecule is CC(C)=O.Cc1ccccc1.ClC(Cl)Cl.ClCCl. The van der Waals surface area contributed by atoms with Crippen LogP contribution in [0.25, 0.3) is 0 Å². The predicted octanol–water partition coefficient (Wildman–Crippen LogP) is 6.00. The molecule has 0 unspecified atom stereocenters. The molecule has 18 heavy (non-hydrogen) atoms. The van der Waals surface area contributed by atoms with Crippen LogP contribution in [0, 0.1) is 6.92 Å². The van der Waals surface area contributed by atoms with Crippen molar-refractivity contribution in [1.82, 2.24) is 0 Å². The molecule has 1 aromatic rings. The van der Waals surface area contributed by atoms with Crippen molar-refractivity contribution in [3.05, 3.63) is 35.9 Å². The minimum atomic E-state index is -0.750. The quantitative estimate of drug-likeness (QED) is 0.522. The molecular weight excluding hydrogens is 337 g/mol. The third kappa shape index (κ3) is 55.3. The molecule has 0 fully saturated rings. The van der Waals surface area contributed by atoms with Crippen molar-refractivity contribution in [2.45, 2.75) is 25.1 Å². The number of alkyl halides is 5. The van der Waals surface area contributed by atoms with Crippen molar-refractivity contribution in [3.8, 4) is 0 Å². The van der Waals surface area contributed by atoms with E-state index in [-0.39, 0.29) is 11.1 Å². The monoisotopic (exact) mass is 352 g/mol. The van der Waals surface area contributed by atoms with Gasteiger partial charge in [-0.05, 0) is 20.8 Å². The highest BCUT2D eigenvalue weighted by atomic mass is 35.6. The summed E-state index contributed by atoms with van der Waals surface area (Å²) in [6, 6.07) is 10.3. The minimum Gasteiger partial charge on any atom is -0.300 e. The Morgan fingerprint density at radius 3 is 1.39 bits per heavy atom. The Morgan fingerprint density at radius 1 is 1.06 bits per heavy atom. The predicted molar refractivity (Wildman–Crippen MR) is 85.5 cm³/mol. The topological polar surface area (TPSA) is 17.1 Å². The Hall–Kier alpha value is 0.340. The number of aryl methyl sites for hydroxylation is 1. The van der Waals surface area contributed by atoms with Crippen LogP contribution in [0.2, 0.25) is 0 Å². The summed E-state index contributed by atoms with van der Waals surface area (Å²) in [7, 11) is 0. The van der Waals surface area contributed by atoms with Crippen LogP contribution in [0.15, 0.2) is 30.3 Å². The second kappa shape index (κ2) is 19.7. The first kappa shape index (κ1) is 23.4. The number of Topliss-reactive ketones (excluding diaryl/α,β-unsaturated/α-hetero) is 1. The number of benzene rings is 1. The van der Waals surface area contributed by atoms with Crippen LogP contribution in [0.4, 0.5) is 0 Å². The molecule has 6 heteroatoms. The molecule has 0 bridgehead atoms. The Labute approximate surface area is 134 Å². The number of hydrogen-bond donors (Lipinski definition) is 0. The van der Waals surface area contributed by atoms with Crippen molar-refractivity contribution in [2.24, 2.45) is 0 Å². The average Bonchev–Trinajstić information content (AvgIpc) is 2.18. The fourth-order valence-electron chi connectivity index (χ4n) is 0.534. The van der Waals surface area contributed by atoms with Gasteiger partial charge >= 0.3 is 0 Å². The lowest BCUT2D eigenvalue weighted by Crippen LogP contribution is -1.69. The largest absolute Gasteiger partial charge is 0.300 e. The van der Waals surface area contributed by atoms with Crippen LogP contribution in [0.1, 0.15) is 19.4 Å². The summed E-state index contributed by atoms with van der Waals surface area (Å²) in [5.74, 6) is 0.167. The molecule has 0 heterocycles. The Balaban J connectivity index is -0.000000180. The van der Waals surface area contributed by atoms with Gasteiger partial charge in [0.05, 0.1) is 5.34 Å². The fourth-order valence-corrected chi connectivity index (χ4v) is 0.534. The number of ketones is 1. The molecule has 0 N–H and O–H groups in total. The van der Waals surface area contributed by atoms with Crippen LogP contribution in [-0.4, -0.2) is 15.4 Å². The van der Waals surface area contributed by atoms with Crippen molar-refractivity contribution < 1.29 is 4.79 Å². The van der Waals surface area contributed by atoms with E-state index in [1.54, 1.807) is 0 Å². The molecule has 0 spiro atoms. The normalized spacial score (nSPS) is 7.83. The number of carbonyl (C=O) groups is 1. The molecule has 1 nitrogen and oxygen atoms in total. The van der Waals surface area contributed by atoms with Crippen molar-refractivity contribution in [3.63, 3.8) is 0 Å². The van der Waals surface area contributed by atoms with Crippen LogP contribution < -0.4 is 0 Å². The fraction of sp³-hybridized carbons (Fsp3) is 0.417. The second-order valence-corrected chi connectivity index (χ2v) is 5.70. The highest BCUT2D eigenvalue weighted by molar-refractivity contribution is 6.63. The van der Waals surface area contributed by atoms with E-state index in [0.29, 0.717) is 0 Å². The highest BCUT2D eigenvalue weighted by Gasteiger charge is 1.78. The van der Waals surface area contributed by atoms with Gasteiger partial charge in [0.25, 0.3) is 0 Å². The van der Waals surface area contributed by atoms with E-state index in [4.69, 9.17) is 58.0 Å². The lowest BCUT2D eigenvalue weighted by molar-refractivity contribution is -0.114. The molecule has 0 aliphatic carbocycles. The van der Waals surface area contributed by atoms with E-state index in [0.717, 1.165) is 0 Å². The van der Waals surface area contributed by atoms with Crippen molar-refractivity contribution in [1.29, 1.82) is 0 Å². The molecule has 0 aliphatic rings. The molecule has 0 saturated carbocycles. The van der Waals surface area contributed by atoms with Gasteiger partial charge in [0.2, 0.25) is 0 Å². The van der Waals surface area contributed by atoms with Crippen molar-refractivity contribution in [2.75, 3.05) is 5.34 Å². The lowest BCUT2D eigenvalue weighted by atomic mass is 10.2. The summed E-state index contributed by atoms with van der Waals surface area (Å²) in [5, 5.41) is 0.194. The summed E-state index contributed by atoms with van der Waals surface area (Å²) < 4.78 is -0.750. The number of carbonyl (C=O) groups excluding carboxylic acids is 1. The zero-order valence-electron chi connectivity index (χ0n) is 10.5. The Morgan fingerprint density at radius 2 is 1.28 bits per heavy atom. The zero-order chi connectivity index (χ0) is 15.0. The first-order valence-corrected chi connectivity index (χ1v) is 7.18. The van der Waals surface area contributed by atoms with Crippen molar-refractivity contribution >= 4 is 63.8 Å². The average molecular weight is 355 g/mol. The molecule has 106 valence electrons. The Bertz CT molecular complexity index is 258.